The van der Waals surface area contributed by atoms with Crippen molar-refractivity contribution in [1.82, 2.24) is 14.9 Å². The van der Waals surface area contributed by atoms with Crippen molar-refractivity contribution in [2.24, 2.45) is 0 Å². The van der Waals surface area contributed by atoms with E-state index < -0.39 is 0 Å². The van der Waals surface area contributed by atoms with Crippen LogP contribution in [0.25, 0.3) is 11.0 Å². The van der Waals surface area contributed by atoms with Gasteiger partial charge in [0.1, 0.15) is 5.69 Å². The largest absolute Gasteiger partial charge is 0.371 e. The summed E-state index contributed by atoms with van der Waals surface area (Å²) >= 11 is 0. The summed E-state index contributed by atoms with van der Waals surface area (Å²) in [6.45, 7) is 2.73. The molecule has 0 spiro atoms. The van der Waals surface area contributed by atoms with E-state index in [0.29, 0.717) is 12.2 Å². The van der Waals surface area contributed by atoms with Gasteiger partial charge in [0.25, 0.3) is 5.91 Å². The molecule has 1 aromatic heterocycles. The molecule has 3 aromatic rings. The zero-order chi connectivity index (χ0) is 18.6. The lowest BCUT2D eigenvalue weighted by Gasteiger charge is -2.31. The highest BCUT2D eigenvalue weighted by molar-refractivity contribution is 5.93. The lowest BCUT2D eigenvalue weighted by molar-refractivity contribution is 0.0779. The number of aromatic nitrogens is 2. The van der Waals surface area contributed by atoms with Crippen molar-refractivity contribution in [3.63, 3.8) is 0 Å². The highest BCUT2D eigenvalue weighted by atomic mass is 16.2. The molecule has 5 heteroatoms. The van der Waals surface area contributed by atoms with Gasteiger partial charge in [0.05, 0.1) is 17.2 Å². The van der Waals surface area contributed by atoms with E-state index in [1.807, 2.05) is 37.4 Å². The molecule has 27 heavy (non-hydrogen) atoms. The Morgan fingerprint density at radius 1 is 1.00 bits per heavy atom. The van der Waals surface area contributed by atoms with E-state index >= 15 is 0 Å². The molecular weight excluding hydrogens is 336 g/mol. The Morgan fingerprint density at radius 3 is 2.52 bits per heavy atom. The van der Waals surface area contributed by atoms with Crippen LogP contribution in [0.4, 0.5) is 5.69 Å². The van der Waals surface area contributed by atoms with Gasteiger partial charge in [-0.2, -0.15) is 0 Å². The molecule has 1 amide bonds. The molecule has 0 bridgehead atoms. The fourth-order valence-corrected chi connectivity index (χ4v) is 3.67. The number of fused-ring (bicyclic) bond motifs is 1. The Bertz CT molecular complexity index is 950. The second-order valence-electron chi connectivity index (χ2n) is 7.08. The van der Waals surface area contributed by atoms with Crippen LogP contribution in [-0.4, -0.2) is 40.9 Å². The normalized spacial score (nSPS) is 14.3. The van der Waals surface area contributed by atoms with Gasteiger partial charge in [-0.05, 0) is 43.0 Å². The van der Waals surface area contributed by atoms with Crippen molar-refractivity contribution in [2.75, 3.05) is 25.0 Å². The van der Waals surface area contributed by atoms with Crippen LogP contribution in [0.5, 0.6) is 0 Å². The molecule has 2 aromatic carbocycles. The molecule has 5 nitrogen and oxygen atoms in total. The minimum Gasteiger partial charge on any atom is -0.371 e. The summed E-state index contributed by atoms with van der Waals surface area (Å²) in [6.07, 6.45) is 5.33. The smallest absolute Gasteiger partial charge is 0.274 e. The lowest BCUT2D eigenvalue weighted by atomic mass is 10.1. The second kappa shape index (κ2) is 7.74. The van der Waals surface area contributed by atoms with Crippen LogP contribution in [0.3, 0.4) is 0 Å². The Balaban J connectivity index is 1.54. The highest BCUT2D eigenvalue weighted by Crippen LogP contribution is 2.25. The maximum Gasteiger partial charge on any atom is 0.274 e. The molecule has 1 saturated heterocycles. The third kappa shape index (κ3) is 3.77. The number of anilines is 1. The molecule has 1 fully saturated rings. The maximum absolute atomic E-state index is 12.9. The van der Waals surface area contributed by atoms with Gasteiger partial charge in [-0.1, -0.05) is 30.3 Å². The van der Waals surface area contributed by atoms with Gasteiger partial charge < -0.3 is 9.80 Å². The van der Waals surface area contributed by atoms with Gasteiger partial charge in [-0.3, -0.25) is 9.78 Å². The SMILES string of the molecule is CN(Cc1ccccc1N1CCCCC1)C(=O)c1cnc2ccccc2n1. The molecule has 0 aliphatic carbocycles. The minimum absolute atomic E-state index is 0.110. The standard InChI is InChI=1S/C22H24N4O/c1-25(22(27)20-15-23-18-10-4-5-11-19(18)24-20)16-17-9-3-6-12-21(17)26-13-7-2-8-14-26/h3-6,9-12,15H,2,7-8,13-14,16H2,1H3. The first-order chi connectivity index (χ1) is 13.2. The summed E-state index contributed by atoms with van der Waals surface area (Å²) in [6, 6.07) is 16.0. The summed E-state index contributed by atoms with van der Waals surface area (Å²) in [5.41, 5.74) is 4.33. The van der Waals surface area contributed by atoms with Gasteiger partial charge in [0.2, 0.25) is 0 Å². The van der Waals surface area contributed by atoms with E-state index in [1.165, 1.54) is 30.5 Å². The zero-order valence-corrected chi connectivity index (χ0v) is 15.6. The Kier molecular flexibility index (Phi) is 5.01. The predicted molar refractivity (Wildman–Crippen MR) is 108 cm³/mol. The summed E-state index contributed by atoms with van der Waals surface area (Å²) in [4.78, 5) is 25.9. The average Bonchev–Trinajstić information content (AvgIpc) is 2.74. The molecule has 0 saturated carbocycles. The first-order valence-electron chi connectivity index (χ1n) is 9.52. The van der Waals surface area contributed by atoms with E-state index in [2.05, 4.69) is 33.1 Å². The van der Waals surface area contributed by atoms with Crippen LogP contribution in [0.2, 0.25) is 0 Å². The van der Waals surface area contributed by atoms with Gasteiger partial charge in [-0.15, -0.1) is 0 Å². The predicted octanol–water partition coefficient (Wildman–Crippen LogP) is 3.89. The van der Waals surface area contributed by atoms with Crippen molar-refractivity contribution < 1.29 is 4.79 Å². The number of nitrogens with zero attached hydrogens (tertiary/aromatic N) is 4. The van der Waals surface area contributed by atoms with Gasteiger partial charge in [0.15, 0.2) is 0 Å². The molecule has 1 aliphatic heterocycles. The minimum atomic E-state index is -0.110. The van der Waals surface area contributed by atoms with Crippen molar-refractivity contribution in [3.05, 3.63) is 66.0 Å². The number of carbonyl (C=O) groups is 1. The number of hydrogen-bond donors (Lipinski definition) is 0. The first-order valence-corrected chi connectivity index (χ1v) is 9.52. The van der Waals surface area contributed by atoms with Crippen molar-refractivity contribution >= 4 is 22.6 Å². The number of hydrogen-bond acceptors (Lipinski definition) is 4. The van der Waals surface area contributed by atoms with Crippen LogP contribution < -0.4 is 4.90 Å². The van der Waals surface area contributed by atoms with Gasteiger partial charge in [-0.25, -0.2) is 4.98 Å². The van der Waals surface area contributed by atoms with E-state index in [1.54, 1.807) is 11.1 Å². The number of carbonyl (C=O) groups excluding carboxylic acids is 1. The van der Waals surface area contributed by atoms with Crippen LogP contribution in [0.1, 0.15) is 35.3 Å². The molecule has 2 heterocycles. The zero-order valence-electron chi connectivity index (χ0n) is 15.6. The van der Waals surface area contributed by atoms with Crippen molar-refractivity contribution in [3.8, 4) is 0 Å². The fraction of sp³-hybridized carbons (Fsp3) is 0.318. The molecular formula is C22H24N4O. The Morgan fingerprint density at radius 2 is 1.70 bits per heavy atom. The third-order valence-electron chi connectivity index (χ3n) is 5.11. The van der Waals surface area contributed by atoms with E-state index in [9.17, 15) is 4.79 Å². The lowest BCUT2D eigenvalue weighted by Crippen LogP contribution is -2.32. The summed E-state index contributed by atoms with van der Waals surface area (Å²) in [5.74, 6) is -0.110. The fourth-order valence-electron chi connectivity index (χ4n) is 3.67. The third-order valence-corrected chi connectivity index (χ3v) is 5.11. The van der Waals surface area contributed by atoms with Crippen LogP contribution in [0, 0.1) is 0 Å². The van der Waals surface area contributed by atoms with Crippen LogP contribution in [0.15, 0.2) is 54.7 Å². The molecule has 0 atom stereocenters. The van der Waals surface area contributed by atoms with E-state index in [4.69, 9.17) is 0 Å². The average molecular weight is 360 g/mol. The van der Waals surface area contributed by atoms with Crippen molar-refractivity contribution in [2.45, 2.75) is 25.8 Å². The van der Waals surface area contributed by atoms with Crippen LogP contribution in [-0.2, 0) is 6.54 Å². The number of amides is 1. The molecule has 4 rings (SSSR count). The molecule has 0 radical (unpaired) electrons. The van der Waals surface area contributed by atoms with Gasteiger partial charge in [0, 0.05) is 32.4 Å². The Labute approximate surface area is 159 Å². The maximum atomic E-state index is 12.9. The molecule has 0 unspecified atom stereocenters. The second-order valence-corrected chi connectivity index (χ2v) is 7.08. The number of benzene rings is 2. The molecule has 138 valence electrons. The van der Waals surface area contributed by atoms with Crippen LogP contribution >= 0.6 is 0 Å². The summed E-state index contributed by atoms with van der Waals surface area (Å²) in [5, 5.41) is 0. The van der Waals surface area contributed by atoms with Crippen molar-refractivity contribution in [1.29, 1.82) is 0 Å². The first kappa shape index (κ1) is 17.5. The highest BCUT2D eigenvalue weighted by Gasteiger charge is 2.18. The van der Waals surface area contributed by atoms with Gasteiger partial charge >= 0.3 is 0 Å². The number of para-hydroxylation sites is 3. The monoisotopic (exact) mass is 360 g/mol. The summed E-state index contributed by atoms with van der Waals surface area (Å²) in [7, 11) is 1.83. The topological polar surface area (TPSA) is 49.3 Å². The summed E-state index contributed by atoms with van der Waals surface area (Å²) < 4.78 is 0. The van der Waals surface area contributed by atoms with E-state index in [0.717, 1.165) is 24.1 Å². The quantitative estimate of drug-likeness (QED) is 0.708. The Hall–Kier alpha value is -2.95. The molecule has 0 N–H and O–H groups in total. The molecule has 1 aliphatic rings. The number of piperidine rings is 1. The number of rotatable bonds is 4. The van der Waals surface area contributed by atoms with E-state index in [-0.39, 0.29) is 5.91 Å².